The second kappa shape index (κ2) is 12.7. The molecule has 0 N–H and O–H groups in total. The number of carbonyl (C=O) groups excluding carboxylic acids is 1. The third-order valence-electron chi connectivity index (χ3n) is 6.13. The molecule has 0 spiro atoms. The lowest BCUT2D eigenvalue weighted by Crippen LogP contribution is -2.23. The predicted octanol–water partition coefficient (Wildman–Crippen LogP) is 6.47. The van der Waals surface area contributed by atoms with E-state index in [0.717, 1.165) is 24.8 Å². The van der Waals surface area contributed by atoms with Gasteiger partial charge >= 0.3 is 5.97 Å². The molecule has 3 atom stereocenters. The van der Waals surface area contributed by atoms with Gasteiger partial charge in [-0.3, -0.25) is 4.79 Å². The molecule has 168 valence electrons. The minimum absolute atomic E-state index is 0.132. The Labute approximate surface area is 189 Å². The van der Waals surface area contributed by atoms with E-state index in [0.29, 0.717) is 37.8 Å². The van der Waals surface area contributed by atoms with Crippen molar-refractivity contribution in [2.75, 3.05) is 13.7 Å². The molecule has 0 heterocycles. The summed E-state index contributed by atoms with van der Waals surface area (Å²) in [6.07, 6.45) is 8.15. The van der Waals surface area contributed by atoms with Crippen LogP contribution in [0, 0.1) is 11.8 Å². The van der Waals surface area contributed by atoms with Crippen molar-refractivity contribution in [3.05, 3.63) is 82.8 Å². The van der Waals surface area contributed by atoms with Crippen LogP contribution in [0.25, 0.3) is 21.6 Å². The maximum absolute atomic E-state index is 11.3. The molecule has 1 saturated carbocycles. The molecular weight excluding hydrogens is 402 g/mol. The zero-order chi connectivity index (χ0) is 22.6. The highest BCUT2D eigenvalue weighted by Crippen LogP contribution is 2.37. The van der Waals surface area contributed by atoms with Gasteiger partial charge in [0, 0.05) is 17.9 Å². The van der Waals surface area contributed by atoms with E-state index in [9.17, 15) is 4.79 Å². The molecule has 0 unspecified atom stereocenters. The Morgan fingerprint density at radius 2 is 1.84 bits per heavy atom. The van der Waals surface area contributed by atoms with Crippen LogP contribution in [-0.2, 0) is 20.9 Å². The highest BCUT2D eigenvalue weighted by molar-refractivity contribution is 5.69. The van der Waals surface area contributed by atoms with Gasteiger partial charge in [0.25, 0.3) is 0 Å². The molecule has 1 aliphatic rings. The van der Waals surface area contributed by atoms with Crippen molar-refractivity contribution in [3.63, 3.8) is 0 Å². The van der Waals surface area contributed by atoms with E-state index in [2.05, 4.69) is 57.2 Å². The van der Waals surface area contributed by atoms with Crippen LogP contribution in [-0.4, -0.2) is 25.7 Å². The summed E-state index contributed by atoms with van der Waals surface area (Å²) >= 11 is 0. The van der Waals surface area contributed by atoms with Gasteiger partial charge in [0.15, 0.2) is 0 Å². The van der Waals surface area contributed by atoms with Crippen LogP contribution in [0.15, 0.2) is 71.9 Å². The molecule has 0 radical (unpaired) electrons. The SMILES string of the molecule is COC(=O)CCC=CC[C@@H]1[C@@H](CN=[N+]=[N-])CC[C@@H]1OCc1ccc(-c2ccccc2)cc1. The number of rotatable bonds is 11. The van der Waals surface area contributed by atoms with E-state index in [1.807, 2.05) is 24.3 Å². The number of hydrogen-bond donors (Lipinski definition) is 0. The summed E-state index contributed by atoms with van der Waals surface area (Å²) in [6.45, 7) is 1.07. The lowest BCUT2D eigenvalue weighted by Gasteiger charge is -2.23. The smallest absolute Gasteiger partial charge is 0.305 e. The van der Waals surface area contributed by atoms with Gasteiger partial charge < -0.3 is 9.47 Å². The van der Waals surface area contributed by atoms with Gasteiger partial charge in [0.1, 0.15) is 0 Å². The highest BCUT2D eigenvalue weighted by atomic mass is 16.5. The number of methoxy groups -OCH3 is 1. The lowest BCUT2D eigenvalue weighted by atomic mass is 9.91. The number of ether oxygens (including phenoxy) is 2. The van der Waals surface area contributed by atoms with Crippen LogP contribution in [0.5, 0.6) is 0 Å². The summed E-state index contributed by atoms with van der Waals surface area (Å²) in [6, 6.07) is 18.8. The normalized spacial score (nSPS) is 20.2. The summed E-state index contributed by atoms with van der Waals surface area (Å²) in [7, 11) is 1.40. The number of carbonyl (C=O) groups is 1. The van der Waals surface area contributed by atoms with E-state index in [1.165, 1.54) is 18.2 Å². The predicted molar refractivity (Wildman–Crippen MR) is 126 cm³/mol. The van der Waals surface area contributed by atoms with Crippen LogP contribution in [0.1, 0.15) is 37.7 Å². The van der Waals surface area contributed by atoms with Gasteiger partial charge in [0.05, 0.1) is 19.8 Å². The summed E-state index contributed by atoms with van der Waals surface area (Å²) in [5.74, 6) is 0.427. The first-order valence-corrected chi connectivity index (χ1v) is 11.2. The number of nitrogens with zero attached hydrogens (tertiary/aromatic N) is 3. The first kappa shape index (κ1) is 23.6. The van der Waals surface area contributed by atoms with Crippen molar-refractivity contribution >= 4 is 5.97 Å². The Balaban J connectivity index is 1.56. The van der Waals surface area contributed by atoms with Gasteiger partial charge in [0.2, 0.25) is 0 Å². The van der Waals surface area contributed by atoms with Gasteiger partial charge in [-0.25, -0.2) is 0 Å². The van der Waals surface area contributed by atoms with Gasteiger partial charge in [-0.05, 0) is 59.7 Å². The minimum atomic E-state index is -0.198. The van der Waals surface area contributed by atoms with Crippen molar-refractivity contribution in [3.8, 4) is 11.1 Å². The van der Waals surface area contributed by atoms with Crippen molar-refractivity contribution in [2.24, 2.45) is 17.0 Å². The second-order valence-electron chi connectivity index (χ2n) is 8.15. The summed E-state index contributed by atoms with van der Waals surface area (Å²) in [4.78, 5) is 14.2. The molecule has 0 aromatic heterocycles. The molecular formula is C26H31N3O3. The quantitative estimate of drug-likeness (QED) is 0.134. The maximum atomic E-state index is 11.3. The van der Waals surface area contributed by atoms with E-state index < -0.39 is 0 Å². The molecule has 0 aliphatic heterocycles. The molecule has 0 bridgehead atoms. The van der Waals surface area contributed by atoms with E-state index in [1.54, 1.807) is 0 Å². The summed E-state index contributed by atoms with van der Waals surface area (Å²) < 4.78 is 11.0. The summed E-state index contributed by atoms with van der Waals surface area (Å²) in [5.41, 5.74) is 12.3. The van der Waals surface area contributed by atoms with Crippen molar-refractivity contribution in [2.45, 2.75) is 44.8 Å². The number of hydrogen-bond acceptors (Lipinski definition) is 4. The molecule has 6 heteroatoms. The zero-order valence-electron chi connectivity index (χ0n) is 18.6. The molecule has 3 rings (SSSR count). The third kappa shape index (κ3) is 6.98. The second-order valence-corrected chi connectivity index (χ2v) is 8.15. The number of allylic oxidation sites excluding steroid dienone is 2. The number of esters is 1. The maximum Gasteiger partial charge on any atom is 0.305 e. The van der Waals surface area contributed by atoms with Gasteiger partial charge in [-0.1, -0.05) is 71.9 Å². The average Bonchev–Trinajstić information content (AvgIpc) is 3.23. The van der Waals surface area contributed by atoms with E-state index >= 15 is 0 Å². The Bertz CT molecular complexity index is 921. The molecule has 0 saturated heterocycles. The van der Waals surface area contributed by atoms with Crippen LogP contribution in [0.4, 0.5) is 0 Å². The largest absolute Gasteiger partial charge is 0.469 e. The monoisotopic (exact) mass is 433 g/mol. The topological polar surface area (TPSA) is 84.3 Å². The standard InChI is InChI=1S/C26H31N3O3/c1-31-26(30)11-7-3-6-10-24-23(18-28-29-27)16-17-25(24)32-19-20-12-14-22(15-13-20)21-8-4-2-5-9-21/h2-6,8-9,12-15,23-25H,7,10-11,16-19H2,1H3/t23-,24-,25+/m1/s1. The van der Waals surface area contributed by atoms with E-state index in [4.69, 9.17) is 10.3 Å². The van der Waals surface area contributed by atoms with Crippen molar-refractivity contribution < 1.29 is 14.3 Å². The van der Waals surface area contributed by atoms with Crippen LogP contribution < -0.4 is 0 Å². The average molecular weight is 434 g/mol. The van der Waals surface area contributed by atoms with E-state index in [-0.39, 0.29) is 12.1 Å². The molecule has 1 fully saturated rings. The highest BCUT2D eigenvalue weighted by Gasteiger charge is 2.35. The fourth-order valence-corrected chi connectivity index (χ4v) is 4.33. The Kier molecular flexibility index (Phi) is 9.36. The Hall–Kier alpha value is -3.08. The molecule has 1 aliphatic carbocycles. The first-order valence-electron chi connectivity index (χ1n) is 11.2. The fourth-order valence-electron chi connectivity index (χ4n) is 4.33. The van der Waals surface area contributed by atoms with Crippen molar-refractivity contribution in [1.29, 1.82) is 0 Å². The summed E-state index contributed by atoms with van der Waals surface area (Å²) in [5, 5.41) is 3.81. The number of benzene rings is 2. The number of azide groups is 1. The molecule has 0 amide bonds. The molecule has 2 aromatic carbocycles. The first-order chi connectivity index (χ1) is 15.7. The Morgan fingerprint density at radius 3 is 2.56 bits per heavy atom. The van der Waals surface area contributed by atoms with Crippen LogP contribution in [0.2, 0.25) is 0 Å². The van der Waals surface area contributed by atoms with Gasteiger partial charge in [-0.15, -0.1) is 0 Å². The lowest BCUT2D eigenvalue weighted by molar-refractivity contribution is -0.140. The van der Waals surface area contributed by atoms with Crippen molar-refractivity contribution in [1.82, 2.24) is 0 Å². The molecule has 6 nitrogen and oxygen atoms in total. The third-order valence-corrected chi connectivity index (χ3v) is 6.13. The minimum Gasteiger partial charge on any atom is -0.469 e. The Morgan fingerprint density at radius 1 is 1.09 bits per heavy atom. The van der Waals surface area contributed by atoms with Gasteiger partial charge in [-0.2, -0.15) is 0 Å². The van der Waals surface area contributed by atoms with Crippen LogP contribution >= 0.6 is 0 Å². The zero-order valence-corrected chi connectivity index (χ0v) is 18.6. The fraction of sp³-hybridized carbons (Fsp3) is 0.423. The van der Waals surface area contributed by atoms with Crippen LogP contribution in [0.3, 0.4) is 0 Å². The molecule has 2 aromatic rings. The molecule has 32 heavy (non-hydrogen) atoms.